The maximum atomic E-state index is 14.1. The molecule has 7 nitrogen and oxygen atoms in total. The number of anilines is 1. The van der Waals surface area contributed by atoms with Crippen LogP contribution in [0.5, 0.6) is 0 Å². The summed E-state index contributed by atoms with van der Waals surface area (Å²) < 4.78 is 33.5. The first-order valence-electron chi connectivity index (χ1n) is 5.79. The zero-order valence-electron chi connectivity index (χ0n) is 11.0. The summed E-state index contributed by atoms with van der Waals surface area (Å²) in [6.07, 6.45) is -2.68. The van der Waals surface area contributed by atoms with Crippen molar-refractivity contribution in [1.29, 1.82) is 0 Å². The van der Waals surface area contributed by atoms with Crippen LogP contribution in [0.2, 0.25) is 0 Å². The zero-order chi connectivity index (χ0) is 15.5. The maximum Gasteiger partial charge on any atom is 0.349 e. The molecular formula is C11H17F2N3O4. The first kappa shape index (κ1) is 16.5. The molecule has 0 fully saturated rings. The number of aromatic nitrogens is 2. The SMILES string of the molecule is COC(CO)[C@H](O)C(F)(F)[C@@H](C)n1ccc(N)nc1=O. The van der Waals surface area contributed by atoms with Crippen molar-refractivity contribution in [2.75, 3.05) is 19.5 Å². The lowest BCUT2D eigenvalue weighted by atomic mass is 10.0. The van der Waals surface area contributed by atoms with E-state index in [4.69, 9.17) is 10.8 Å². The van der Waals surface area contributed by atoms with Crippen molar-refractivity contribution >= 4 is 5.82 Å². The standard InChI is InChI=1S/C11H17F2N3O4/c1-6(16-4-3-8(14)15-10(16)19)11(12,13)9(18)7(5-17)20-2/h3-4,6-7,9,17-18H,5H2,1-2H3,(H2,14,15,19)/t6-,7?,9+/m1/s1. The Kier molecular flexibility index (Phi) is 5.15. The number of rotatable bonds is 6. The van der Waals surface area contributed by atoms with Gasteiger partial charge in [-0.15, -0.1) is 0 Å². The first-order valence-corrected chi connectivity index (χ1v) is 5.79. The topological polar surface area (TPSA) is 111 Å². The molecule has 0 aliphatic rings. The van der Waals surface area contributed by atoms with Crippen LogP contribution in [0.1, 0.15) is 13.0 Å². The van der Waals surface area contributed by atoms with Crippen LogP contribution in [0.4, 0.5) is 14.6 Å². The predicted molar refractivity (Wildman–Crippen MR) is 66.5 cm³/mol. The van der Waals surface area contributed by atoms with Gasteiger partial charge >= 0.3 is 5.69 Å². The van der Waals surface area contributed by atoms with E-state index in [0.717, 1.165) is 20.2 Å². The molecule has 9 heteroatoms. The molecule has 1 unspecified atom stereocenters. The summed E-state index contributed by atoms with van der Waals surface area (Å²) in [7, 11) is 1.09. The fourth-order valence-corrected chi connectivity index (χ4v) is 1.70. The van der Waals surface area contributed by atoms with Gasteiger partial charge in [-0.1, -0.05) is 0 Å². The lowest BCUT2D eigenvalue weighted by molar-refractivity contribution is -0.187. The molecular weight excluding hydrogens is 276 g/mol. The Labute approximate surface area is 113 Å². The smallest absolute Gasteiger partial charge is 0.349 e. The highest BCUT2D eigenvalue weighted by molar-refractivity contribution is 5.23. The fourth-order valence-electron chi connectivity index (χ4n) is 1.70. The van der Waals surface area contributed by atoms with Crippen LogP contribution in [0.3, 0.4) is 0 Å². The molecule has 0 saturated heterocycles. The number of halogens is 2. The normalized spacial score (nSPS) is 16.7. The van der Waals surface area contributed by atoms with Gasteiger partial charge in [0.25, 0.3) is 5.92 Å². The predicted octanol–water partition coefficient (Wildman–Crippen LogP) is -0.610. The van der Waals surface area contributed by atoms with Gasteiger partial charge in [-0.2, -0.15) is 4.98 Å². The molecule has 20 heavy (non-hydrogen) atoms. The minimum atomic E-state index is -3.72. The molecule has 1 heterocycles. The van der Waals surface area contributed by atoms with E-state index >= 15 is 0 Å². The molecule has 0 aliphatic heterocycles. The van der Waals surface area contributed by atoms with E-state index < -0.39 is 36.5 Å². The summed E-state index contributed by atoms with van der Waals surface area (Å²) in [5.41, 5.74) is 4.32. The van der Waals surface area contributed by atoms with Crippen molar-refractivity contribution in [3.8, 4) is 0 Å². The van der Waals surface area contributed by atoms with Crippen LogP contribution < -0.4 is 11.4 Å². The molecule has 1 rings (SSSR count). The number of aliphatic hydroxyl groups excluding tert-OH is 2. The van der Waals surface area contributed by atoms with Crippen molar-refractivity contribution in [3.63, 3.8) is 0 Å². The van der Waals surface area contributed by atoms with E-state index in [1.165, 1.54) is 6.07 Å². The average Bonchev–Trinajstić information content (AvgIpc) is 2.39. The van der Waals surface area contributed by atoms with E-state index in [1.807, 2.05) is 0 Å². The quantitative estimate of drug-likeness (QED) is 0.645. The van der Waals surface area contributed by atoms with Gasteiger partial charge in [0, 0.05) is 13.3 Å². The Morgan fingerprint density at radius 2 is 2.20 bits per heavy atom. The number of methoxy groups -OCH3 is 1. The molecule has 0 radical (unpaired) electrons. The van der Waals surface area contributed by atoms with Crippen molar-refractivity contribution in [1.82, 2.24) is 9.55 Å². The van der Waals surface area contributed by atoms with Crippen molar-refractivity contribution in [2.24, 2.45) is 0 Å². The average molecular weight is 293 g/mol. The molecule has 0 amide bonds. The van der Waals surface area contributed by atoms with E-state index in [9.17, 15) is 18.7 Å². The third kappa shape index (κ3) is 3.11. The zero-order valence-corrected chi connectivity index (χ0v) is 11.0. The summed E-state index contributed by atoms with van der Waals surface area (Å²) in [6, 6.07) is -0.498. The van der Waals surface area contributed by atoms with E-state index in [-0.39, 0.29) is 5.82 Å². The molecule has 114 valence electrons. The summed E-state index contributed by atoms with van der Waals surface area (Å²) in [6.45, 7) is 0.265. The minimum absolute atomic E-state index is 0.0903. The van der Waals surface area contributed by atoms with Gasteiger partial charge in [0.1, 0.15) is 24.1 Å². The van der Waals surface area contributed by atoms with Crippen LogP contribution in [-0.2, 0) is 4.74 Å². The van der Waals surface area contributed by atoms with Gasteiger partial charge in [-0.3, -0.25) is 4.57 Å². The largest absolute Gasteiger partial charge is 0.394 e. The molecule has 1 aromatic heterocycles. The summed E-state index contributed by atoms with van der Waals surface area (Å²) >= 11 is 0. The second-order valence-electron chi connectivity index (χ2n) is 4.29. The van der Waals surface area contributed by atoms with E-state index in [0.29, 0.717) is 4.57 Å². The highest BCUT2D eigenvalue weighted by atomic mass is 19.3. The molecule has 1 aromatic rings. The highest BCUT2D eigenvalue weighted by Crippen LogP contribution is 2.33. The number of nitrogens with two attached hydrogens (primary N) is 1. The lowest BCUT2D eigenvalue weighted by Crippen LogP contribution is -2.51. The number of nitrogen functional groups attached to an aromatic ring is 1. The summed E-state index contributed by atoms with van der Waals surface area (Å²) in [4.78, 5) is 14.9. The summed E-state index contributed by atoms with van der Waals surface area (Å²) in [5.74, 6) is -3.81. The van der Waals surface area contributed by atoms with Gasteiger partial charge in [-0.25, -0.2) is 13.6 Å². The van der Waals surface area contributed by atoms with Crippen LogP contribution in [0.25, 0.3) is 0 Å². The Hall–Kier alpha value is -1.58. The Morgan fingerprint density at radius 1 is 1.60 bits per heavy atom. The van der Waals surface area contributed by atoms with Crippen LogP contribution in [-0.4, -0.2) is 51.6 Å². The number of ether oxygens (including phenoxy) is 1. The molecule has 0 saturated carbocycles. The Bertz CT molecular complexity index is 505. The molecule has 4 N–H and O–H groups in total. The van der Waals surface area contributed by atoms with Crippen molar-refractivity contribution in [3.05, 3.63) is 22.7 Å². The number of aliphatic hydroxyl groups is 2. The maximum absolute atomic E-state index is 14.1. The van der Waals surface area contributed by atoms with Gasteiger partial charge in [-0.05, 0) is 13.0 Å². The van der Waals surface area contributed by atoms with Crippen molar-refractivity contribution in [2.45, 2.75) is 31.1 Å². The minimum Gasteiger partial charge on any atom is -0.394 e. The van der Waals surface area contributed by atoms with Gasteiger partial charge < -0.3 is 20.7 Å². The van der Waals surface area contributed by atoms with Crippen molar-refractivity contribution < 1.29 is 23.7 Å². The van der Waals surface area contributed by atoms with Gasteiger partial charge in [0.15, 0.2) is 0 Å². The highest BCUT2D eigenvalue weighted by Gasteiger charge is 2.49. The molecule has 0 aliphatic carbocycles. The van der Waals surface area contributed by atoms with Crippen LogP contribution >= 0.6 is 0 Å². The second kappa shape index (κ2) is 6.25. The number of hydrogen-bond donors (Lipinski definition) is 3. The number of alkyl halides is 2. The fraction of sp³-hybridized carbons (Fsp3) is 0.636. The first-order chi connectivity index (χ1) is 9.25. The van der Waals surface area contributed by atoms with Crippen LogP contribution in [0, 0.1) is 0 Å². The molecule has 0 bridgehead atoms. The monoisotopic (exact) mass is 293 g/mol. The third-order valence-electron chi connectivity index (χ3n) is 3.05. The Morgan fingerprint density at radius 3 is 2.65 bits per heavy atom. The van der Waals surface area contributed by atoms with Crippen LogP contribution in [0.15, 0.2) is 17.1 Å². The number of nitrogens with zero attached hydrogens (tertiary/aromatic N) is 2. The van der Waals surface area contributed by atoms with Gasteiger partial charge in [0.2, 0.25) is 0 Å². The molecule has 3 atom stereocenters. The lowest BCUT2D eigenvalue weighted by Gasteiger charge is -2.32. The third-order valence-corrected chi connectivity index (χ3v) is 3.05. The van der Waals surface area contributed by atoms with E-state index in [1.54, 1.807) is 0 Å². The van der Waals surface area contributed by atoms with Gasteiger partial charge in [0.05, 0.1) is 6.61 Å². The number of hydrogen-bond acceptors (Lipinski definition) is 6. The molecule has 0 spiro atoms. The van der Waals surface area contributed by atoms with E-state index in [2.05, 4.69) is 9.72 Å². The molecule has 0 aromatic carbocycles. The Balaban J connectivity index is 3.10. The second-order valence-corrected chi connectivity index (χ2v) is 4.29. The summed E-state index contributed by atoms with van der Waals surface area (Å²) in [5, 5.41) is 18.5.